The van der Waals surface area contributed by atoms with Crippen LogP contribution in [-0.4, -0.2) is 23.9 Å². The van der Waals surface area contributed by atoms with Gasteiger partial charge in [-0.3, -0.25) is 9.59 Å². The topological polar surface area (TPSA) is 59.5 Å². The number of aromatic nitrogens is 1. The van der Waals surface area contributed by atoms with Crippen LogP contribution in [0.15, 0.2) is 30.5 Å². The highest BCUT2D eigenvalue weighted by molar-refractivity contribution is 6.28. The molecular weight excluding hydrogens is 244 g/mol. The predicted molar refractivity (Wildman–Crippen MR) is 75.1 cm³/mol. The molecule has 0 N–H and O–H groups in total. The molecule has 0 fully saturated rings. The summed E-state index contributed by atoms with van der Waals surface area (Å²) in [5.74, 6) is -0.273. The molecule has 1 aliphatic rings. The van der Waals surface area contributed by atoms with E-state index in [1.54, 1.807) is 12.1 Å². The van der Waals surface area contributed by atoms with Gasteiger partial charge in [-0.1, -0.05) is 27.7 Å². The van der Waals surface area contributed by atoms with Gasteiger partial charge in [0.2, 0.25) is 5.88 Å². The molecule has 0 atom stereocenters. The summed E-state index contributed by atoms with van der Waals surface area (Å²) >= 11 is 0. The number of rotatable bonds is 2. The van der Waals surface area contributed by atoms with Gasteiger partial charge in [0, 0.05) is 18.2 Å². The lowest BCUT2D eigenvalue weighted by molar-refractivity contribution is -0.119. The van der Waals surface area contributed by atoms with Gasteiger partial charge < -0.3 is 4.74 Å². The van der Waals surface area contributed by atoms with E-state index in [4.69, 9.17) is 4.74 Å². The minimum absolute atomic E-state index is 0.355. The Morgan fingerprint density at radius 3 is 1.89 bits per heavy atom. The Morgan fingerprint density at radius 2 is 1.53 bits per heavy atom. The number of methoxy groups -OCH3 is 1. The number of nitrogens with zero attached hydrogens (tertiary/aromatic N) is 2. The van der Waals surface area contributed by atoms with Gasteiger partial charge in [-0.2, -0.15) is 0 Å². The summed E-state index contributed by atoms with van der Waals surface area (Å²) in [5.41, 5.74) is 0.441. The Hall–Kier alpha value is -2.17. The van der Waals surface area contributed by atoms with E-state index in [-0.39, 0.29) is 11.8 Å². The number of carbonyl (C=O) groups excluding carboxylic acids is 2. The van der Waals surface area contributed by atoms with Crippen molar-refractivity contribution in [3.8, 4) is 5.88 Å². The molecular formula is C14H20N2O3. The van der Waals surface area contributed by atoms with Crippen LogP contribution in [0.4, 0.5) is 5.69 Å². The van der Waals surface area contributed by atoms with Crippen molar-refractivity contribution in [3.05, 3.63) is 30.5 Å². The van der Waals surface area contributed by atoms with Crippen LogP contribution in [0.5, 0.6) is 5.88 Å². The Kier molecular flexibility index (Phi) is 7.84. The molecule has 0 saturated heterocycles. The van der Waals surface area contributed by atoms with E-state index in [1.807, 2.05) is 27.7 Å². The van der Waals surface area contributed by atoms with Crippen molar-refractivity contribution >= 4 is 17.5 Å². The molecule has 2 rings (SSSR count). The Labute approximate surface area is 113 Å². The predicted octanol–water partition coefficient (Wildman–Crippen LogP) is 2.57. The molecule has 0 spiro atoms. The van der Waals surface area contributed by atoms with Gasteiger partial charge in [0.25, 0.3) is 11.8 Å². The lowest BCUT2D eigenvalue weighted by Gasteiger charge is -2.12. The first kappa shape index (κ1) is 16.8. The summed E-state index contributed by atoms with van der Waals surface area (Å²) in [6.45, 7) is 8.00. The maximum absolute atomic E-state index is 11.3. The van der Waals surface area contributed by atoms with Crippen LogP contribution < -0.4 is 9.64 Å². The molecule has 5 heteroatoms. The van der Waals surface area contributed by atoms with Crippen molar-refractivity contribution < 1.29 is 14.3 Å². The van der Waals surface area contributed by atoms with E-state index in [0.717, 1.165) is 4.90 Å². The van der Waals surface area contributed by atoms with Crippen molar-refractivity contribution in [2.24, 2.45) is 0 Å². The summed E-state index contributed by atoms with van der Waals surface area (Å²) in [5, 5.41) is 0. The van der Waals surface area contributed by atoms with Crippen LogP contribution in [0, 0.1) is 0 Å². The second kappa shape index (κ2) is 8.85. The van der Waals surface area contributed by atoms with Gasteiger partial charge in [-0.05, 0) is 6.07 Å². The van der Waals surface area contributed by atoms with E-state index in [2.05, 4.69) is 4.98 Å². The first-order valence-electron chi connectivity index (χ1n) is 6.28. The molecule has 0 aromatic carbocycles. The molecule has 1 aromatic heterocycles. The highest BCUT2D eigenvalue weighted by atomic mass is 16.5. The fraction of sp³-hybridized carbons (Fsp3) is 0.357. The van der Waals surface area contributed by atoms with Gasteiger partial charge in [-0.25, -0.2) is 9.88 Å². The number of pyridine rings is 1. The fourth-order valence-corrected chi connectivity index (χ4v) is 1.28. The van der Waals surface area contributed by atoms with E-state index >= 15 is 0 Å². The third-order valence-electron chi connectivity index (χ3n) is 2.00. The van der Waals surface area contributed by atoms with Gasteiger partial charge in [0.1, 0.15) is 0 Å². The third-order valence-corrected chi connectivity index (χ3v) is 2.00. The fourth-order valence-electron chi connectivity index (χ4n) is 1.28. The Morgan fingerprint density at radius 1 is 1.00 bits per heavy atom. The molecule has 19 heavy (non-hydrogen) atoms. The summed E-state index contributed by atoms with van der Waals surface area (Å²) in [7, 11) is 1.50. The number of imide groups is 1. The zero-order valence-electron chi connectivity index (χ0n) is 12.0. The van der Waals surface area contributed by atoms with Gasteiger partial charge in [0.05, 0.1) is 19.0 Å². The number of ether oxygens (including phenoxy) is 1. The Bertz CT molecular complexity index is 421. The van der Waals surface area contributed by atoms with Crippen molar-refractivity contribution in [2.75, 3.05) is 12.0 Å². The molecule has 0 unspecified atom stereocenters. The lowest BCUT2D eigenvalue weighted by Crippen LogP contribution is -2.29. The summed E-state index contributed by atoms with van der Waals surface area (Å²) in [6.07, 6.45) is 3.88. The third kappa shape index (κ3) is 4.21. The molecule has 104 valence electrons. The van der Waals surface area contributed by atoms with E-state index in [0.29, 0.717) is 11.6 Å². The largest absolute Gasteiger partial charge is 0.481 e. The standard InChI is InChI=1S/C10H8N2O3.2C2H6/c1-15-8-3-2-7(6-11-8)12-9(13)4-5-10(12)14;2*1-2/h2-6H,1H3;2*1-2H3. The number of anilines is 1. The molecule has 1 aromatic rings. The summed E-state index contributed by atoms with van der Waals surface area (Å²) in [4.78, 5) is 27.6. The maximum atomic E-state index is 11.3. The smallest absolute Gasteiger partial charge is 0.258 e. The first-order valence-corrected chi connectivity index (χ1v) is 6.28. The zero-order chi connectivity index (χ0) is 14.8. The van der Waals surface area contributed by atoms with Gasteiger partial charge >= 0.3 is 0 Å². The highest BCUT2D eigenvalue weighted by Crippen LogP contribution is 2.19. The monoisotopic (exact) mass is 264 g/mol. The Balaban J connectivity index is 0.000000741. The molecule has 0 saturated carbocycles. The van der Waals surface area contributed by atoms with Crippen LogP contribution in [0.3, 0.4) is 0 Å². The number of carbonyl (C=O) groups is 2. The molecule has 0 radical (unpaired) electrons. The van der Waals surface area contributed by atoms with E-state index in [1.165, 1.54) is 25.5 Å². The molecule has 0 bridgehead atoms. The minimum Gasteiger partial charge on any atom is -0.481 e. The molecule has 0 aliphatic carbocycles. The number of hydrogen-bond donors (Lipinski definition) is 0. The highest BCUT2D eigenvalue weighted by Gasteiger charge is 2.25. The second-order valence-corrected chi connectivity index (χ2v) is 2.90. The average molecular weight is 264 g/mol. The number of hydrogen-bond acceptors (Lipinski definition) is 4. The van der Waals surface area contributed by atoms with E-state index < -0.39 is 0 Å². The first-order chi connectivity index (χ1) is 9.22. The lowest BCUT2D eigenvalue weighted by atomic mass is 10.3. The summed E-state index contributed by atoms with van der Waals surface area (Å²) < 4.78 is 4.87. The van der Waals surface area contributed by atoms with Crippen LogP contribution in [-0.2, 0) is 9.59 Å². The van der Waals surface area contributed by atoms with Crippen LogP contribution in [0.2, 0.25) is 0 Å². The molecule has 2 heterocycles. The molecule has 1 aliphatic heterocycles. The van der Waals surface area contributed by atoms with Crippen molar-refractivity contribution in [1.82, 2.24) is 4.98 Å². The average Bonchev–Trinajstić information content (AvgIpc) is 2.83. The van der Waals surface area contributed by atoms with Crippen LogP contribution >= 0.6 is 0 Å². The van der Waals surface area contributed by atoms with Crippen LogP contribution in [0.25, 0.3) is 0 Å². The van der Waals surface area contributed by atoms with Crippen molar-refractivity contribution in [2.45, 2.75) is 27.7 Å². The van der Waals surface area contributed by atoms with E-state index in [9.17, 15) is 9.59 Å². The zero-order valence-corrected chi connectivity index (χ0v) is 12.0. The quantitative estimate of drug-likeness (QED) is 0.770. The van der Waals surface area contributed by atoms with Crippen molar-refractivity contribution in [1.29, 1.82) is 0 Å². The SMILES string of the molecule is CC.CC.COc1ccc(N2C(=O)C=CC2=O)cn1. The normalized spacial score (nSPS) is 12.4. The molecule has 5 nitrogen and oxygen atoms in total. The summed E-state index contributed by atoms with van der Waals surface area (Å²) in [6, 6.07) is 3.20. The van der Waals surface area contributed by atoms with Crippen molar-refractivity contribution in [3.63, 3.8) is 0 Å². The molecule has 2 amide bonds. The second-order valence-electron chi connectivity index (χ2n) is 2.90. The maximum Gasteiger partial charge on any atom is 0.258 e. The number of amides is 2. The van der Waals surface area contributed by atoms with Gasteiger partial charge in [0.15, 0.2) is 0 Å². The minimum atomic E-state index is -0.355. The van der Waals surface area contributed by atoms with Gasteiger partial charge in [-0.15, -0.1) is 0 Å². The van der Waals surface area contributed by atoms with Crippen LogP contribution in [0.1, 0.15) is 27.7 Å².